The third-order valence-corrected chi connectivity index (χ3v) is 36.8. The fourth-order valence-corrected chi connectivity index (χ4v) is 29.6. The zero-order valence-corrected chi connectivity index (χ0v) is 78.1. The van der Waals surface area contributed by atoms with E-state index < -0.39 is 0 Å². The van der Waals surface area contributed by atoms with Crippen LogP contribution in [-0.2, 0) is 0 Å². The average Bonchev–Trinajstić information content (AvgIpc) is 0.696. The van der Waals surface area contributed by atoms with Gasteiger partial charge in [-0.15, -0.1) is 0 Å². The molecular weight excluding hydrogens is 1520 g/mol. The molecule has 2 nitrogen and oxygen atoms in total. The third-order valence-electron chi connectivity index (χ3n) is 36.8. The molecular formula is C124H156N2. The van der Waals surface area contributed by atoms with Crippen molar-refractivity contribution in [1.82, 2.24) is 0 Å². The second-order valence-corrected chi connectivity index (χ2v) is 44.8. The number of anilines is 6. The van der Waals surface area contributed by atoms with E-state index in [9.17, 15) is 0 Å². The molecule has 126 heavy (non-hydrogen) atoms. The number of fused-ring (bicyclic) bond motifs is 4. The first-order valence-electron chi connectivity index (χ1n) is 54.7. The molecule has 2 heteroatoms. The van der Waals surface area contributed by atoms with Crippen molar-refractivity contribution in [1.29, 1.82) is 0 Å². The summed E-state index contributed by atoms with van der Waals surface area (Å²) in [6.07, 6.45) is 80.2. The lowest BCUT2D eigenvalue weighted by Gasteiger charge is -2.36. The first-order valence-corrected chi connectivity index (χ1v) is 54.7. The molecule has 10 aromatic rings. The summed E-state index contributed by atoms with van der Waals surface area (Å²) in [5.74, 6) is 6.95. The minimum absolute atomic E-state index is 0.543. The predicted octanol–water partition coefficient (Wildman–Crippen LogP) is 39.5. The molecule has 10 aromatic carbocycles. The van der Waals surface area contributed by atoms with E-state index in [4.69, 9.17) is 0 Å². The Hall–Kier alpha value is -7.16. The molecule has 0 bridgehead atoms. The zero-order valence-electron chi connectivity index (χ0n) is 78.1. The molecule has 0 radical (unpaired) electrons. The number of benzene rings is 10. The zero-order chi connectivity index (χ0) is 83.6. The first-order chi connectivity index (χ1) is 62.5. The Balaban J connectivity index is 0.892. The van der Waals surface area contributed by atoms with E-state index in [1.165, 1.54) is 474 Å². The van der Waals surface area contributed by atoms with Gasteiger partial charge >= 0.3 is 0 Å². The summed E-state index contributed by atoms with van der Waals surface area (Å²) in [5.41, 5.74) is 31.3. The van der Waals surface area contributed by atoms with E-state index in [2.05, 4.69) is 155 Å². The fourth-order valence-electron chi connectivity index (χ4n) is 29.6. The molecule has 0 spiro atoms. The number of nitrogens with zero attached hydrogens (tertiary/aromatic N) is 2. The lowest BCUT2D eigenvalue weighted by molar-refractivity contribution is 0.435. The van der Waals surface area contributed by atoms with Gasteiger partial charge in [-0.3, -0.25) is 0 Å². The maximum absolute atomic E-state index is 3.08. The second kappa shape index (κ2) is 39.1. The van der Waals surface area contributed by atoms with E-state index in [1.54, 1.807) is 66.8 Å². The molecule has 0 aliphatic heterocycles. The minimum atomic E-state index is 0.543. The third kappa shape index (κ3) is 17.8. The lowest BCUT2D eigenvalue weighted by atomic mass is 9.77. The van der Waals surface area contributed by atoms with Gasteiger partial charge in [0.25, 0.3) is 0 Å². The van der Waals surface area contributed by atoms with Crippen molar-refractivity contribution in [3.8, 4) is 11.1 Å². The monoisotopic (exact) mass is 1670 g/mol. The molecule has 0 heterocycles. The Morgan fingerprint density at radius 1 is 0.127 bits per heavy atom. The van der Waals surface area contributed by atoms with Crippen molar-refractivity contribution < 1.29 is 0 Å². The van der Waals surface area contributed by atoms with Crippen molar-refractivity contribution in [2.45, 2.75) is 456 Å². The van der Waals surface area contributed by atoms with Crippen LogP contribution < -0.4 is 9.80 Å². The first kappa shape index (κ1) is 84.4. The molecule has 22 rings (SSSR count). The van der Waals surface area contributed by atoms with Crippen LogP contribution in [0, 0.1) is 0 Å². The minimum Gasteiger partial charge on any atom is -0.309 e. The van der Waals surface area contributed by atoms with Gasteiger partial charge in [0.2, 0.25) is 0 Å². The topological polar surface area (TPSA) is 6.48 Å². The Labute approximate surface area is 761 Å². The smallest absolute Gasteiger partial charge is 0.0618 e. The number of hydrogen-bond donors (Lipinski definition) is 0. The van der Waals surface area contributed by atoms with E-state index in [-0.39, 0.29) is 0 Å². The summed E-state index contributed by atoms with van der Waals surface area (Å²) in [4.78, 5) is 6.16. The molecule has 12 saturated carbocycles. The summed E-state index contributed by atoms with van der Waals surface area (Å²) < 4.78 is 0. The number of rotatable bonds is 19. The van der Waals surface area contributed by atoms with Crippen LogP contribution in [0.2, 0.25) is 0 Å². The summed E-state index contributed by atoms with van der Waals surface area (Å²) in [6.45, 7) is 0. The largest absolute Gasteiger partial charge is 0.309 e. The summed E-state index contributed by atoms with van der Waals surface area (Å²) in [7, 11) is 0. The Morgan fingerprint density at radius 3 is 0.452 bits per heavy atom. The highest BCUT2D eigenvalue weighted by atomic mass is 15.2. The van der Waals surface area contributed by atoms with Gasteiger partial charge in [0.1, 0.15) is 0 Å². The van der Waals surface area contributed by atoms with Gasteiger partial charge in [0.05, 0.1) is 11.4 Å². The standard InChI is InChI=1S/C124H156N2/c1-13-37-85(38-14-1)97-63-67-115-117(81-97)121(113-65-61-99(87-41-17-3-18-42-87)83-119(113)123(115)125(109-73-101(89-45-21-5-22-46-89)69-102(74-109)90-47-23-6-24-48-90)110-75-103(91-49-25-7-26-50-91)70-104(76-110)92-51-27-8-28-52-92)122-114-66-62-100(88-43-19-4-20-44-88)84-120(114)124(116-68-64-98(82-118(116)122)86-39-15-2-16-40-86)126(111-77-105(93-53-29-9-30-54-93)71-106(78-111)94-55-31-10-32-56-94)112-79-107(95-57-33-11-34-58-95)72-108(80-112)96-59-35-12-36-60-96/h61-96H,1-60H2. The Bertz CT molecular complexity index is 4750. The van der Waals surface area contributed by atoms with Gasteiger partial charge in [-0.2, -0.15) is 0 Å². The Kier molecular flexibility index (Phi) is 26.2. The van der Waals surface area contributed by atoms with Crippen LogP contribution in [0.1, 0.15) is 523 Å². The summed E-state index contributed by atoms with van der Waals surface area (Å²) in [6, 6.07) is 68.2. The van der Waals surface area contributed by atoms with Gasteiger partial charge in [0, 0.05) is 44.3 Å². The molecule has 0 saturated heterocycles. The van der Waals surface area contributed by atoms with Gasteiger partial charge in [-0.1, -0.05) is 316 Å². The molecule has 0 unspecified atom stereocenters. The van der Waals surface area contributed by atoms with Crippen molar-refractivity contribution in [3.63, 3.8) is 0 Å². The van der Waals surface area contributed by atoms with Crippen molar-refractivity contribution in [2.24, 2.45) is 0 Å². The van der Waals surface area contributed by atoms with Crippen LogP contribution in [0.4, 0.5) is 34.1 Å². The van der Waals surface area contributed by atoms with E-state index in [0.29, 0.717) is 71.0 Å². The predicted molar refractivity (Wildman–Crippen MR) is 541 cm³/mol. The summed E-state index contributed by atoms with van der Waals surface area (Å²) in [5, 5.41) is 11.9. The quantitative estimate of drug-likeness (QED) is 0.0745. The normalized spacial score (nSPS) is 22.4. The van der Waals surface area contributed by atoms with Crippen LogP contribution in [0.15, 0.2) is 146 Å². The average molecular weight is 1670 g/mol. The van der Waals surface area contributed by atoms with Gasteiger partial charge in [0.15, 0.2) is 0 Å². The van der Waals surface area contributed by atoms with Crippen LogP contribution in [0.25, 0.3) is 54.2 Å². The van der Waals surface area contributed by atoms with E-state index >= 15 is 0 Å². The molecule has 12 aliphatic rings. The van der Waals surface area contributed by atoms with E-state index in [0.717, 1.165) is 0 Å². The fraction of sp³-hybridized carbons (Fsp3) is 0.581. The molecule has 662 valence electrons. The van der Waals surface area contributed by atoms with Crippen molar-refractivity contribution >= 4 is 77.2 Å². The molecule has 0 amide bonds. The molecule has 0 atom stereocenters. The van der Waals surface area contributed by atoms with Crippen LogP contribution in [-0.4, -0.2) is 0 Å². The van der Waals surface area contributed by atoms with Gasteiger partial charge in [-0.25, -0.2) is 0 Å². The SMILES string of the molecule is c1cc2c(N(c3cc(C4CCCCC4)cc(C4CCCCC4)c3)c3cc(C4CCCCC4)cc(C4CCCCC4)c3)c3cc(C4CCCCC4)ccc3c(-c3c4cc(C5CCCCC5)ccc4c(N(c4cc(C5CCCCC5)cc(C5CCCCC5)c4)c4cc(C5CCCCC5)cc(C5CCCCC5)c4)c4cc(C5CCCCC5)ccc34)c2cc1C1CCCCC1. The van der Waals surface area contributed by atoms with Crippen molar-refractivity contribution in [2.75, 3.05) is 9.80 Å². The highest BCUT2D eigenvalue weighted by molar-refractivity contribution is 6.31. The van der Waals surface area contributed by atoms with Crippen LogP contribution >= 0.6 is 0 Å². The molecule has 0 N–H and O–H groups in total. The molecule has 12 fully saturated rings. The molecule has 0 aromatic heterocycles. The van der Waals surface area contributed by atoms with Crippen LogP contribution in [0.3, 0.4) is 0 Å². The summed E-state index contributed by atoms with van der Waals surface area (Å²) >= 11 is 0. The number of hydrogen-bond acceptors (Lipinski definition) is 2. The Morgan fingerprint density at radius 2 is 0.278 bits per heavy atom. The van der Waals surface area contributed by atoms with Gasteiger partial charge < -0.3 is 9.80 Å². The highest BCUT2D eigenvalue weighted by Crippen LogP contribution is 2.60. The highest BCUT2D eigenvalue weighted by Gasteiger charge is 2.37. The van der Waals surface area contributed by atoms with Gasteiger partial charge in [-0.05, 0) is 385 Å². The maximum atomic E-state index is 3.08. The molecule has 12 aliphatic carbocycles. The van der Waals surface area contributed by atoms with E-state index in [1.807, 2.05) is 0 Å². The van der Waals surface area contributed by atoms with Crippen molar-refractivity contribution in [3.05, 3.63) is 212 Å². The maximum Gasteiger partial charge on any atom is 0.0618 e. The lowest BCUT2D eigenvalue weighted by Crippen LogP contribution is -2.17. The second-order valence-electron chi connectivity index (χ2n) is 44.8. The van der Waals surface area contributed by atoms with Crippen LogP contribution in [0.5, 0.6) is 0 Å².